The minimum atomic E-state index is -0.732. The van der Waals surface area contributed by atoms with Crippen LogP contribution in [0.15, 0.2) is 30.3 Å². The Morgan fingerprint density at radius 2 is 2.11 bits per heavy atom. The number of benzene rings is 1. The number of halogens is 1. The van der Waals surface area contributed by atoms with Crippen LogP contribution in [0.2, 0.25) is 4.34 Å². The van der Waals surface area contributed by atoms with E-state index in [1.165, 1.54) is 11.3 Å². The number of thiophene rings is 1. The fourth-order valence-corrected chi connectivity index (χ4v) is 3.26. The lowest BCUT2D eigenvalue weighted by Crippen LogP contribution is -2.34. The average molecular weight is 297 g/mol. The monoisotopic (exact) mass is 296 g/mol. The van der Waals surface area contributed by atoms with Gasteiger partial charge in [0.25, 0.3) is 0 Å². The first-order valence-electron chi connectivity index (χ1n) is 5.97. The van der Waals surface area contributed by atoms with Crippen molar-refractivity contribution < 1.29 is 14.6 Å². The Hall–Kier alpha value is -1.23. The fraction of sp³-hybridized carbons (Fsp3) is 0.286. The summed E-state index contributed by atoms with van der Waals surface area (Å²) in [5.74, 6) is 1.38. The van der Waals surface area contributed by atoms with Gasteiger partial charge < -0.3 is 14.6 Å². The van der Waals surface area contributed by atoms with Crippen molar-refractivity contribution in [3.63, 3.8) is 0 Å². The Bertz CT molecular complexity index is 577. The third-order valence-electron chi connectivity index (χ3n) is 3.05. The molecule has 1 aliphatic heterocycles. The van der Waals surface area contributed by atoms with E-state index < -0.39 is 12.2 Å². The minimum Gasteiger partial charge on any atom is -0.486 e. The van der Waals surface area contributed by atoms with Gasteiger partial charge in [-0.1, -0.05) is 23.7 Å². The van der Waals surface area contributed by atoms with Gasteiger partial charge in [-0.15, -0.1) is 11.3 Å². The molecular weight excluding hydrogens is 284 g/mol. The molecule has 0 fully saturated rings. The van der Waals surface area contributed by atoms with Crippen molar-refractivity contribution in [2.45, 2.75) is 19.1 Å². The van der Waals surface area contributed by atoms with Crippen molar-refractivity contribution in [1.82, 2.24) is 0 Å². The van der Waals surface area contributed by atoms with Gasteiger partial charge >= 0.3 is 0 Å². The molecule has 1 N–H and O–H groups in total. The van der Waals surface area contributed by atoms with Crippen LogP contribution in [-0.4, -0.2) is 17.8 Å². The molecule has 0 radical (unpaired) electrons. The van der Waals surface area contributed by atoms with Crippen LogP contribution in [0.3, 0.4) is 0 Å². The van der Waals surface area contributed by atoms with Gasteiger partial charge in [0, 0.05) is 4.88 Å². The zero-order valence-electron chi connectivity index (χ0n) is 10.3. The van der Waals surface area contributed by atoms with Crippen molar-refractivity contribution in [2.75, 3.05) is 6.61 Å². The molecular formula is C14H13ClO3S. The van der Waals surface area contributed by atoms with Gasteiger partial charge in [0.15, 0.2) is 17.6 Å². The van der Waals surface area contributed by atoms with Crippen LogP contribution in [0.4, 0.5) is 0 Å². The Morgan fingerprint density at radius 1 is 1.37 bits per heavy atom. The van der Waals surface area contributed by atoms with Crippen molar-refractivity contribution in [1.29, 1.82) is 0 Å². The van der Waals surface area contributed by atoms with E-state index in [-0.39, 0.29) is 0 Å². The molecule has 3 rings (SSSR count). The van der Waals surface area contributed by atoms with E-state index in [4.69, 9.17) is 21.1 Å². The normalized spacial score (nSPS) is 19.2. The number of hydrogen-bond acceptors (Lipinski definition) is 4. The Morgan fingerprint density at radius 3 is 2.79 bits per heavy atom. The predicted molar refractivity (Wildman–Crippen MR) is 75.4 cm³/mol. The van der Waals surface area contributed by atoms with Crippen LogP contribution >= 0.6 is 22.9 Å². The summed E-state index contributed by atoms with van der Waals surface area (Å²) >= 11 is 7.41. The minimum absolute atomic E-state index is 0.326. The summed E-state index contributed by atoms with van der Waals surface area (Å²) in [6.07, 6.45) is -1.14. The zero-order chi connectivity index (χ0) is 13.4. The molecule has 0 aliphatic carbocycles. The summed E-state index contributed by atoms with van der Waals surface area (Å²) in [6, 6.07) is 9.34. The third kappa shape index (κ3) is 2.43. The van der Waals surface area contributed by atoms with Gasteiger partial charge in [0.2, 0.25) is 0 Å². The molecule has 5 heteroatoms. The highest BCUT2D eigenvalue weighted by atomic mass is 35.5. The number of para-hydroxylation sites is 2. The molecule has 100 valence electrons. The standard InChI is InChI=1S/C14H13ClO3S/c1-8-6-12(19-14(8)15)13(16)11-7-17-9-4-2-3-5-10(9)18-11/h2-6,11,13,16H,7H2,1H3. The van der Waals surface area contributed by atoms with Gasteiger partial charge in [-0.05, 0) is 30.7 Å². The van der Waals surface area contributed by atoms with Crippen molar-refractivity contribution in [3.05, 3.63) is 45.1 Å². The molecule has 1 aromatic carbocycles. The molecule has 1 aliphatic rings. The highest BCUT2D eigenvalue weighted by molar-refractivity contribution is 7.16. The Balaban J connectivity index is 1.81. The number of aliphatic hydroxyl groups is 1. The molecule has 0 amide bonds. The number of ether oxygens (including phenoxy) is 2. The maximum absolute atomic E-state index is 10.4. The topological polar surface area (TPSA) is 38.7 Å². The van der Waals surface area contributed by atoms with Crippen molar-refractivity contribution >= 4 is 22.9 Å². The smallest absolute Gasteiger partial charge is 0.163 e. The van der Waals surface area contributed by atoms with Gasteiger partial charge in [-0.25, -0.2) is 0 Å². The Kier molecular flexibility index (Phi) is 3.39. The van der Waals surface area contributed by atoms with Crippen LogP contribution in [0, 0.1) is 6.92 Å². The van der Waals surface area contributed by atoms with E-state index in [9.17, 15) is 5.11 Å². The lowest BCUT2D eigenvalue weighted by Gasteiger charge is -2.29. The third-order valence-corrected chi connectivity index (χ3v) is 4.68. The van der Waals surface area contributed by atoms with E-state index in [1.54, 1.807) is 0 Å². The van der Waals surface area contributed by atoms with Gasteiger partial charge in [-0.3, -0.25) is 0 Å². The van der Waals surface area contributed by atoms with E-state index in [0.717, 1.165) is 10.4 Å². The van der Waals surface area contributed by atoms with Crippen LogP contribution < -0.4 is 9.47 Å². The van der Waals surface area contributed by atoms with Crippen LogP contribution in [-0.2, 0) is 0 Å². The van der Waals surface area contributed by atoms with E-state index in [2.05, 4.69) is 0 Å². The number of fused-ring (bicyclic) bond motifs is 1. The van der Waals surface area contributed by atoms with E-state index in [0.29, 0.717) is 22.4 Å². The first kappa shape index (κ1) is 12.8. The molecule has 0 saturated carbocycles. The fourth-order valence-electron chi connectivity index (χ4n) is 2.00. The second-order valence-corrected chi connectivity index (χ2v) is 6.15. The number of rotatable bonds is 2. The molecule has 0 bridgehead atoms. The molecule has 19 heavy (non-hydrogen) atoms. The summed E-state index contributed by atoms with van der Waals surface area (Å²) in [7, 11) is 0. The van der Waals surface area contributed by atoms with Crippen molar-refractivity contribution in [2.24, 2.45) is 0 Å². The van der Waals surface area contributed by atoms with Crippen LogP contribution in [0.25, 0.3) is 0 Å². The summed E-state index contributed by atoms with van der Waals surface area (Å²) in [5.41, 5.74) is 0.970. The molecule has 0 saturated heterocycles. The maximum atomic E-state index is 10.4. The second-order valence-electron chi connectivity index (χ2n) is 4.46. The number of hydrogen-bond donors (Lipinski definition) is 1. The quantitative estimate of drug-likeness (QED) is 0.920. The SMILES string of the molecule is Cc1cc(C(O)C2COc3ccccc3O2)sc1Cl. The largest absolute Gasteiger partial charge is 0.486 e. The van der Waals surface area contributed by atoms with Gasteiger partial charge in [-0.2, -0.15) is 0 Å². The van der Waals surface area contributed by atoms with Crippen LogP contribution in [0.5, 0.6) is 11.5 Å². The number of aliphatic hydroxyl groups excluding tert-OH is 1. The second kappa shape index (κ2) is 5.04. The first-order valence-corrected chi connectivity index (χ1v) is 7.17. The highest BCUT2D eigenvalue weighted by Gasteiger charge is 2.29. The lowest BCUT2D eigenvalue weighted by molar-refractivity contribution is -0.00960. The van der Waals surface area contributed by atoms with Crippen LogP contribution in [0.1, 0.15) is 16.5 Å². The lowest BCUT2D eigenvalue weighted by atomic mass is 10.1. The molecule has 2 unspecified atom stereocenters. The molecule has 2 heterocycles. The highest BCUT2D eigenvalue weighted by Crippen LogP contribution is 2.37. The average Bonchev–Trinajstić information content (AvgIpc) is 2.77. The zero-order valence-corrected chi connectivity index (χ0v) is 11.9. The van der Waals surface area contributed by atoms with Crippen molar-refractivity contribution in [3.8, 4) is 11.5 Å². The predicted octanol–water partition coefficient (Wildman–Crippen LogP) is 3.58. The van der Waals surface area contributed by atoms with Gasteiger partial charge in [0.05, 0.1) is 4.34 Å². The maximum Gasteiger partial charge on any atom is 0.163 e. The summed E-state index contributed by atoms with van der Waals surface area (Å²) < 4.78 is 12.1. The number of aryl methyl sites for hydroxylation is 1. The Labute approximate surface area is 120 Å². The summed E-state index contributed by atoms with van der Waals surface area (Å²) in [5, 5.41) is 10.4. The molecule has 0 spiro atoms. The first-order chi connectivity index (χ1) is 9.15. The van der Waals surface area contributed by atoms with Gasteiger partial charge in [0.1, 0.15) is 12.7 Å². The molecule has 2 atom stereocenters. The summed E-state index contributed by atoms with van der Waals surface area (Å²) in [4.78, 5) is 0.801. The molecule has 2 aromatic rings. The summed E-state index contributed by atoms with van der Waals surface area (Å²) in [6.45, 7) is 2.25. The van der Waals surface area contributed by atoms with E-state index in [1.807, 2.05) is 37.3 Å². The van der Waals surface area contributed by atoms with E-state index >= 15 is 0 Å². The molecule has 1 aromatic heterocycles. The molecule has 3 nitrogen and oxygen atoms in total.